The molecular formula is C10H14ClNO2. The molecule has 0 aromatic rings. The Morgan fingerprint density at radius 2 is 2.36 bits per heavy atom. The average Bonchev–Trinajstić information content (AvgIpc) is 2.71. The van der Waals surface area contributed by atoms with E-state index in [9.17, 15) is 4.79 Å². The maximum atomic E-state index is 11.3. The van der Waals surface area contributed by atoms with Crippen LogP contribution < -0.4 is 5.32 Å². The summed E-state index contributed by atoms with van der Waals surface area (Å²) in [4.78, 5) is 11.3. The van der Waals surface area contributed by atoms with Crippen LogP contribution in [-0.2, 0) is 9.53 Å². The van der Waals surface area contributed by atoms with Crippen LogP contribution in [0, 0.1) is 5.92 Å². The van der Waals surface area contributed by atoms with Gasteiger partial charge in [0.2, 0.25) is 5.91 Å². The zero-order valence-corrected chi connectivity index (χ0v) is 8.77. The number of fused-ring (bicyclic) bond motifs is 2. The number of carbonyl (C=O) groups excluding carboxylic acids is 1. The Balaban J connectivity index is 1.79. The third-order valence-corrected chi connectivity index (χ3v) is 4.37. The molecule has 1 N–H and O–H groups in total. The minimum Gasteiger partial charge on any atom is -0.372 e. The van der Waals surface area contributed by atoms with Gasteiger partial charge in [-0.05, 0) is 25.7 Å². The highest BCUT2D eigenvalue weighted by atomic mass is 35.5. The highest BCUT2D eigenvalue weighted by Crippen LogP contribution is 2.64. The van der Waals surface area contributed by atoms with Crippen LogP contribution in [0.3, 0.4) is 0 Å². The Morgan fingerprint density at radius 1 is 1.57 bits per heavy atom. The van der Waals surface area contributed by atoms with Crippen LogP contribution in [0.5, 0.6) is 0 Å². The third-order valence-electron chi connectivity index (χ3n) is 4.12. The fourth-order valence-electron chi connectivity index (χ4n) is 3.12. The van der Waals surface area contributed by atoms with Crippen LogP contribution in [0.2, 0.25) is 0 Å². The second-order valence-electron chi connectivity index (χ2n) is 4.71. The maximum Gasteiger partial charge on any atom is 0.235 e. The SMILES string of the molecule is O=C(CCl)N[C@]12C[C@H]1COC21CCC1. The minimum absolute atomic E-state index is 0.0145. The van der Waals surface area contributed by atoms with E-state index in [4.69, 9.17) is 16.3 Å². The van der Waals surface area contributed by atoms with Crippen molar-refractivity contribution in [1.82, 2.24) is 5.32 Å². The Bertz CT molecular complexity index is 290. The molecule has 78 valence electrons. The molecule has 1 aliphatic heterocycles. The zero-order valence-electron chi connectivity index (χ0n) is 8.01. The van der Waals surface area contributed by atoms with Gasteiger partial charge in [0.1, 0.15) is 5.88 Å². The first-order valence-electron chi connectivity index (χ1n) is 5.23. The molecule has 2 atom stereocenters. The van der Waals surface area contributed by atoms with Gasteiger partial charge in [0, 0.05) is 5.92 Å². The molecule has 2 saturated carbocycles. The maximum absolute atomic E-state index is 11.3. The average molecular weight is 216 g/mol. The van der Waals surface area contributed by atoms with Gasteiger partial charge in [0.05, 0.1) is 17.7 Å². The lowest BCUT2D eigenvalue weighted by molar-refractivity contribution is -0.127. The minimum atomic E-state index is -0.0501. The molecule has 3 nitrogen and oxygen atoms in total. The number of rotatable bonds is 2. The van der Waals surface area contributed by atoms with E-state index in [1.165, 1.54) is 6.42 Å². The third kappa shape index (κ3) is 0.898. The van der Waals surface area contributed by atoms with Crippen molar-refractivity contribution >= 4 is 17.5 Å². The molecule has 1 spiro atoms. The van der Waals surface area contributed by atoms with E-state index >= 15 is 0 Å². The highest BCUT2D eigenvalue weighted by Gasteiger charge is 2.74. The normalized spacial score (nSPS) is 41.6. The molecule has 0 unspecified atom stereocenters. The first kappa shape index (κ1) is 8.98. The molecular weight excluding hydrogens is 202 g/mol. The summed E-state index contributed by atoms with van der Waals surface area (Å²) in [7, 11) is 0. The molecule has 3 aliphatic rings. The van der Waals surface area contributed by atoms with Crippen molar-refractivity contribution in [2.75, 3.05) is 12.5 Å². The van der Waals surface area contributed by atoms with Crippen LogP contribution in [-0.4, -0.2) is 29.5 Å². The lowest BCUT2D eigenvalue weighted by Crippen LogP contribution is -2.58. The van der Waals surface area contributed by atoms with Crippen molar-refractivity contribution in [2.24, 2.45) is 5.92 Å². The molecule has 0 aromatic heterocycles. The quantitative estimate of drug-likeness (QED) is 0.700. The number of ether oxygens (including phenoxy) is 1. The molecule has 0 aromatic carbocycles. The summed E-state index contributed by atoms with van der Waals surface area (Å²) in [5.74, 6) is 0.561. The fourth-order valence-corrected chi connectivity index (χ4v) is 3.18. The molecule has 4 heteroatoms. The summed E-state index contributed by atoms with van der Waals surface area (Å²) in [6.45, 7) is 0.822. The Kier molecular flexibility index (Phi) is 1.69. The van der Waals surface area contributed by atoms with Crippen molar-refractivity contribution in [2.45, 2.75) is 36.8 Å². The molecule has 3 rings (SSSR count). The van der Waals surface area contributed by atoms with Gasteiger partial charge in [-0.3, -0.25) is 4.79 Å². The number of amides is 1. The summed E-state index contributed by atoms with van der Waals surface area (Å²) in [5.41, 5.74) is -0.0450. The van der Waals surface area contributed by atoms with Crippen LogP contribution in [0.25, 0.3) is 0 Å². The van der Waals surface area contributed by atoms with Crippen molar-refractivity contribution in [1.29, 1.82) is 0 Å². The molecule has 0 radical (unpaired) electrons. The standard InChI is InChI=1S/C10H14ClNO2/c11-5-8(13)12-10-4-7(10)6-14-9(10)2-1-3-9/h7H,1-6H2,(H,12,13)/t7-,10+/m0/s1. The van der Waals surface area contributed by atoms with Crippen molar-refractivity contribution in [3.8, 4) is 0 Å². The smallest absolute Gasteiger partial charge is 0.235 e. The number of alkyl halides is 1. The molecule has 1 saturated heterocycles. The lowest BCUT2D eigenvalue weighted by atomic mass is 9.73. The largest absolute Gasteiger partial charge is 0.372 e. The highest BCUT2D eigenvalue weighted by molar-refractivity contribution is 6.27. The Hall–Kier alpha value is -0.280. The summed E-state index contributed by atoms with van der Waals surface area (Å²) >= 11 is 5.51. The number of carbonyl (C=O) groups is 1. The summed E-state index contributed by atoms with van der Waals surface area (Å²) < 4.78 is 5.83. The van der Waals surface area contributed by atoms with Gasteiger partial charge in [-0.25, -0.2) is 0 Å². The molecule has 1 heterocycles. The first-order chi connectivity index (χ1) is 6.72. The van der Waals surface area contributed by atoms with E-state index in [0.717, 1.165) is 25.9 Å². The molecule has 2 aliphatic carbocycles. The summed E-state index contributed by atoms with van der Waals surface area (Å²) in [6.07, 6.45) is 4.53. The van der Waals surface area contributed by atoms with Gasteiger partial charge in [0.25, 0.3) is 0 Å². The van der Waals surface area contributed by atoms with E-state index in [0.29, 0.717) is 5.92 Å². The van der Waals surface area contributed by atoms with E-state index < -0.39 is 0 Å². The van der Waals surface area contributed by atoms with Gasteiger partial charge in [-0.2, -0.15) is 0 Å². The summed E-state index contributed by atoms with van der Waals surface area (Å²) in [5, 5.41) is 3.08. The topological polar surface area (TPSA) is 38.3 Å². The predicted octanol–water partition coefficient (Wildman–Crippen LogP) is 1.05. The lowest BCUT2D eigenvalue weighted by Gasteiger charge is -2.45. The monoisotopic (exact) mass is 215 g/mol. The van der Waals surface area contributed by atoms with E-state index in [1.807, 2.05) is 0 Å². The first-order valence-corrected chi connectivity index (χ1v) is 5.77. The number of hydrogen-bond acceptors (Lipinski definition) is 2. The van der Waals surface area contributed by atoms with Gasteiger partial charge in [0.15, 0.2) is 0 Å². The fraction of sp³-hybridized carbons (Fsp3) is 0.900. The molecule has 3 fully saturated rings. The van der Waals surface area contributed by atoms with Crippen LogP contribution >= 0.6 is 11.6 Å². The number of hydrogen-bond donors (Lipinski definition) is 1. The van der Waals surface area contributed by atoms with E-state index in [2.05, 4.69) is 5.32 Å². The van der Waals surface area contributed by atoms with Crippen molar-refractivity contribution in [3.05, 3.63) is 0 Å². The molecule has 0 bridgehead atoms. The summed E-state index contributed by atoms with van der Waals surface area (Å²) in [6, 6.07) is 0. The van der Waals surface area contributed by atoms with Crippen LogP contribution in [0.1, 0.15) is 25.7 Å². The van der Waals surface area contributed by atoms with Gasteiger partial charge in [-0.1, -0.05) is 0 Å². The van der Waals surface area contributed by atoms with Crippen molar-refractivity contribution in [3.63, 3.8) is 0 Å². The molecule has 14 heavy (non-hydrogen) atoms. The second-order valence-corrected chi connectivity index (χ2v) is 4.98. The Morgan fingerprint density at radius 3 is 2.86 bits per heavy atom. The number of nitrogens with one attached hydrogen (secondary N) is 1. The van der Waals surface area contributed by atoms with Gasteiger partial charge in [-0.15, -0.1) is 11.6 Å². The second kappa shape index (κ2) is 2.64. The van der Waals surface area contributed by atoms with E-state index in [1.54, 1.807) is 0 Å². The Labute approximate surface area is 88.1 Å². The van der Waals surface area contributed by atoms with Crippen molar-refractivity contribution < 1.29 is 9.53 Å². The van der Waals surface area contributed by atoms with Gasteiger partial charge < -0.3 is 10.1 Å². The van der Waals surface area contributed by atoms with Crippen LogP contribution in [0.4, 0.5) is 0 Å². The van der Waals surface area contributed by atoms with E-state index in [-0.39, 0.29) is 22.9 Å². The predicted molar refractivity (Wildman–Crippen MR) is 52.2 cm³/mol. The number of halogens is 1. The van der Waals surface area contributed by atoms with Gasteiger partial charge >= 0.3 is 0 Å². The van der Waals surface area contributed by atoms with Crippen LogP contribution in [0.15, 0.2) is 0 Å². The molecule has 1 amide bonds. The zero-order chi connectivity index (χ0) is 9.81.